The van der Waals surface area contributed by atoms with Crippen LogP contribution in [0.25, 0.3) is 11.0 Å². The molecular weight excluding hydrogens is 285 g/mol. The molecule has 5 nitrogen and oxygen atoms in total. The number of aromatic nitrogens is 2. The van der Waals surface area contributed by atoms with E-state index >= 15 is 0 Å². The van der Waals surface area contributed by atoms with Gasteiger partial charge in [0.15, 0.2) is 5.57 Å². The van der Waals surface area contributed by atoms with Crippen LogP contribution in [0.5, 0.6) is 0 Å². The van der Waals surface area contributed by atoms with Crippen molar-refractivity contribution >= 4 is 35.0 Å². The van der Waals surface area contributed by atoms with E-state index < -0.39 is 7.37 Å². The van der Waals surface area contributed by atoms with Gasteiger partial charge in [-0.1, -0.05) is 30.3 Å². The van der Waals surface area contributed by atoms with Gasteiger partial charge in [-0.3, -0.25) is 0 Å². The van der Waals surface area contributed by atoms with Gasteiger partial charge in [0.2, 0.25) is 0 Å². The molecule has 6 heteroatoms. The number of aryl methyl sites for hydroxylation is 1. The summed E-state index contributed by atoms with van der Waals surface area (Å²) in [5, 5.41) is 0.267. The molecule has 0 radical (unpaired) electrons. The first-order chi connectivity index (χ1) is 10.0. The maximum atomic E-state index is 12.8. The van der Waals surface area contributed by atoms with Crippen LogP contribution in [0, 0.1) is 0 Å². The molecule has 1 aromatic heterocycles. The minimum absolute atomic E-state index is 0.0804. The normalized spacial score (nSPS) is 14.2. The molecule has 0 aliphatic heterocycles. The van der Waals surface area contributed by atoms with Gasteiger partial charge in [-0.2, -0.15) is 0 Å². The van der Waals surface area contributed by atoms with E-state index in [1.54, 1.807) is 53.1 Å². The Morgan fingerprint density at radius 3 is 2.62 bits per heavy atom. The van der Waals surface area contributed by atoms with Crippen molar-refractivity contribution in [3.05, 3.63) is 48.5 Å². The fraction of sp³-hybridized carbons (Fsp3) is 0.133. The summed E-state index contributed by atoms with van der Waals surface area (Å²) in [5.41, 5.74) is 7.82. The third-order valence-corrected chi connectivity index (χ3v) is 5.27. The monoisotopic (exact) mass is 300 g/mol. The lowest BCUT2D eigenvalue weighted by atomic mass is 10.3. The summed E-state index contributed by atoms with van der Waals surface area (Å²) < 4.78 is 14.5. The van der Waals surface area contributed by atoms with E-state index in [0.29, 0.717) is 17.7 Å². The average Bonchev–Trinajstić information content (AvgIpc) is 2.86. The second-order valence-electron chi connectivity index (χ2n) is 4.79. The van der Waals surface area contributed by atoms with Crippen molar-refractivity contribution in [2.75, 3.05) is 5.73 Å². The number of nitrogen functional groups attached to an aromatic ring is 1. The Morgan fingerprint density at radius 2 is 1.95 bits per heavy atom. The summed E-state index contributed by atoms with van der Waals surface area (Å²) >= 11 is 0. The van der Waals surface area contributed by atoms with Gasteiger partial charge in [-0.15, -0.1) is 0 Å². The molecule has 0 amide bonds. The Balaban J connectivity index is 2.27. The van der Waals surface area contributed by atoms with Crippen LogP contribution in [0.15, 0.2) is 48.5 Å². The van der Waals surface area contributed by atoms with Crippen molar-refractivity contribution in [3.63, 3.8) is 0 Å². The van der Waals surface area contributed by atoms with Gasteiger partial charge in [-0.05, 0) is 25.1 Å². The molecule has 1 heterocycles. The molecule has 1 unspecified atom stereocenters. The highest BCUT2D eigenvalue weighted by molar-refractivity contribution is 7.71. The number of rotatable bonds is 3. The van der Waals surface area contributed by atoms with E-state index in [0.717, 1.165) is 5.52 Å². The van der Waals surface area contributed by atoms with Gasteiger partial charge in [-0.25, -0.2) is 4.98 Å². The SMILES string of the molecule is CCn1c(P(=O)([O-])c2ccccc2)nc2ccc(N)cc21. The van der Waals surface area contributed by atoms with Crippen molar-refractivity contribution in [1.82, 2.24) is 9.55 Å². The number of nitrogens with two attached hydrogens (primary N) is 1. The zero-order valence-corrected chi connectivity index (χ0v) is 12.5. The van der Waals surface area contributed by atoms with Gasteiger partial charge in [0.25, 0.3) is 0 Å². The van der Waals surface area contributed by atoms with Gasteiger partial charge in [0, 0.05) is 17.5 Å². The Hall–Kier alpha value is -2.10. The average molecular weight is 300 g/mol. The van der Waals surface area contributed by atoms with Gasteiger partial charge in [0.05, 0.1) is 11.0 Å². The molecule has 0 fully saturated rings. The van der Waals surface area contributed by atoms with Crippen LogP contribution in [0.4, 0.5) is 5.69 Å². The fourth-order valence-electron chi connectivity index (χ4n) is 2.40. The second kappa shape index (κ2) is 5.02. The van der Waals surface area contributed by atoms with E-state index in [1.165, 1.54) is 0 Å². The van der Waals surface area contributed by atoms with E-state index in [4.69, 9.17) is 5.73 Å². The standard InChI is InChI=1S/C15H16N3O2P/c1-2-18-14-10-11(16)8-9-13(14)17-15(18)21(19,20)12-6-4-3-5-7-12/h3-10H,2,16H2,1H3,(H,19,20)/p-1. The summed E-state index contributed by atoms with van der Waals surface area (Å²) in [4.78, 5) is 17.1. The molecule has 1 atom stereocenters. The van der Waals surface area contributed by atoms with Gasteiger partial charge in [0.1, 0.15) is 7.37 Å². The van der Waals surface area contributed by atoms with Crippen LogP contribution >= 0.6 is 7.37 Å². The van der Waals surface area contributed by atoms with E-state index in [1.807, 2.05) is 6.92 Å². The molecule has 2 aromatic carbocycles. The summed E-state index contributed by atoms with van der Waals surface area (Å²) in [6, 6.07) is 13.6. The maximum absolute atomic E-state index is 12.8. The summed E-state index contributed by atoms with van der Waals surface area (Å²) in [6.07, 6.45) is 0. The zero-order valence-electron chi connectivity index (χ0n) is 11.6. The Kier molecular flexibility index (Phi) is 3.32. The number of hydrogen-bond donors (Lipinski definition) is 1. The lowest BCUT2D eigenvalue weighted by molar-refractivity contribution is -0.167. The van der Waals surface area contributed by atoms with Crippen LogP contribution in [0.3, 0.4) is 0 Å². The number of imidazole rings is 1. The predicted molar refractivity (Wildman–Crippen MR) is 83.1 cm³/mol. The molecule has 0 saturated carbocycles. The first-order valence-corrected chi connectivity index (χ1v) is 8.29. The van der Waals surface area contributed by atoms with Crippen molar-refractivity contribution in [2.45, 2.75) is 13.5 Å². The van der Waals surface area contributed by atoms with Crippen molar-refractivity contribution in [1.29, 1.82) is 0 Å². The first kappa shape index (κ1) is 13.9. The minimum atomic E-state index is -3.98. The molecule has 3 rings (SSSR count). The van der Waals surface area contributed by atoms with Crippen LogP contribution in [-0.4, -0.2) is 9.55 Å². The molecule has 0 spiro atoms. The quantitative estimate of drug-likeness (QED) is 0.582. The lowest BCUT2D eigenvalue weighted by Crippen LogP contribution is -2.31. The van der Waals surface area contributed by atoms with Crippen LogP contribution in [0.1, 0.15) is 6.92 Å². The summed E-state index contributed by atoms with van der Waals surface area (Å²) in [5.74, 6) is 0. The summed E-state index contributed by atoms with van der Waals surface area (Å²) in [6.45, 7) is 2.40. The van der Waals surface area contributed by atoms with E-state index in [-0.39, 0.29) is 10.9 Å². The number of benzene rings is 2. The summed E-state index contributed by atoms with van der Waals surface area (Å²) in [7, 11) is -3.98. The fourth-order valence-corrected chi connectivity index (χ4v) is 4.01. The number of anilines is 1. The van der Waals surface area contributed by atoms with Crippen LogP contribution < -0.4 is 21.5 Å². The highest BCUT2D eigenvalue weighted by Crippen LogP contribution is 2.34. The maximum Gasteiger partial charge on any atom is 0.160 e. The first-order valence-electron chi connectivity index (χ1n) is 6.67. The van der Waals surface area contributed by atoms with Crippen molar-refractivity contribution in [3.8, 4) is 0 Å². The van der Waals surface area contributed by atoms with E-state index in [2.05, 4.69) is 4.98 Å². The molecule has 0 aliphatic rings. The van der Waals surface area contributed by atoms with Gasteiger partial charge >= 0.3 is 0 Å². The molecule has 108 valence electrons. The number of fused-ring (bicyclic) bond motifs is 1. The lowest BCUT2D eigenvalue weighted by Gasteiger charge is -2.23. The third kappa shape index (κ3) is 2.24. The number of hydrogen-bond acceptors (Lipinski definition) is 4. The molecule has 0 bridgehead atoms. The predicted octanol–water partition coefficient (Wildman–Crippen LogP) is 1.23. The smallest absolute Gasteiger partial charge is 0.160 e. The van der Waals surface area contributed by atoms with Crippen LogP contribution in [0.2, 0.25) is 0 Å². The second-order valence-corrected chi connectivity index (χ2v) is 6.81. The third-order valence-electron chi connectivity index (χ3n) is 3.43. The Morgan fingerprint density at radius 1 is 1.24 bits per heavy atom. The highest BCUT2D eigenvalue weighted by atomic mass is 31.2. The largest absolute Gasteiger partial charge is 0.790 e. The minimum Gasteiger partial charge on any atom is -0.790 e. The van der Waals surface area contributed by atoms with Crippen LogP contribution in [-0.2, 0) is 11.1 Å². The molecule has 0 aliphatic carbocycles. The van der Waals surface area contributed by atoms with Crippen molar-refractivity contribution in [2.24, 2.45) is 0 Å². The molecule has 0 saturated heterocycles. The topological polar surface area (TPSA) is 84.0 Å². The zero-order chi connectivity index (χ0) is 15.0. The molecule has 21 heavy (non-hydrogen) atoms. The van der Waals surface area contributed by atoms with Gasteiger partial charge < -0.3 is 19.8 Å². The number of nitrogens with zero attached hydrogens (tertiary/aromatic N) is 2. The highest BCUT2D eigenvalue weighted by Gasteiger charge is 2.22. The molecular formula is C15H15N3O2P-. The molecule has 2 N–H and O–H groups in total. The Bertz CT molecular complexity index is 843. The van der Waals surface area contributed by atoms with E-state index in [9.17, 15) is 9.46 Å². The Labute approximate surface area is 122 Å². The molecule has 3 aromatic rings. The van der Waals surface area contributed by atoms with Crippen molar-refractivity contribution < 1.29 is 9.46 Å².